The molecule has 3 N–H and O–H groups in total. The number of nitrogen functional groups attached to an aromatic ring is 1. The lowest BCUT2D eigenvalue weighted by atomic mass is 10.1. The lowest BCUT2D eigenvalue weighted by Gasteiger charge is -2.28. The van der Waals surface area contributed by atoms with E-state index in [2.05, 4.69) is 44.8 Å². The van der Waals surface area contributed by atoms with Crippen LogP contribution in [0.1, 0.15) is 24.6 Å². The Balaban J connectivity index is 1.59. The molecule has 0 saturated carbocycles. The highest BCUT2D eigenvalue weighted by Crippen LogP contribution is 2.32. The number of nitriles is 1. The molecule has 2 aromatic heterocycles. The van der Waals surface area contributed by atoms with Crippen molar-refractivity contribution in [3.05, 3.63) is 53.7 Å². The Labute approximate surface area is 211 Å². The molecule has 1 unspecified atom stereocenters. The summed E-state index contributed by atoms with van der Waals surface area (Å²) in [5.74, 6) is 7.44. The highest BCUT2D eigenvalue weighted by molar-refractivity contribution is 5.74. The second-order valence-corrected chi connectivity index (χ2v) is 9.05. The SMILES string of the molecule is CC1CCN(c2cc(-c3ccccc3O)nnc2N)CCN1c1ccc(C#N)c(C#CCN(C)C)n1. The molecule has 36 heavy (non-hydrogen) atoms. The van der Waals surface area contributed by atoms with Crippen molar-refractivity contribution in [2.24, 2.45) is 0 Å². The summed E-state index contributed by atoms with van der Waals surface area (Å²) in [7, 11) is 3.90. The summed E-state index contributed by atoms with van der Waals surface area (Å²) >= 11 is 0. The van der Waals surface area contributed by atoms with Gasteiger partial charge in [-0.15, -0.1) is 10.2 Å². The zero-order valence-electron chi connectivity index (χ0n) is 20.8. The number of para-hydroxylation sites is 1. The van der Waals surface area contributed by atoms with Gasteiger partial charge in [-0.1, -0.05) is 18.1 Å². The minimum Gasteiger partial charge on any atom is -0.507 e. The number of aromatic nitrogens is 3. The van der Waals surface area contributed by atoms with Gasteiger partial charge in [-0.25, -0.2) is 4.98 Å². The predicted octanol–water partition coefficient (Wildman–Crippen LogP) is 2.72. The molecule has 9 heteroatoms. The number of pyridine rings is 1. The third kappa shape index (κ3) is 5.48. The van der Waals surface area contributed by atoms with Crippen molar-refractivity contribution in [2.45, 2.75) is 19.4 Å². The number of hydrogen-bond donors (Lipinski definition) is 2. The van der Waals surface area contributed by atoms with E-state index < -0.39 is 0 Å². The average Bonchev–Trinajstić information content (AvgIpc) is 3.06. The molecule has 1 aliphatic heterocycles. The van der Waals surface area contributed by atoms with Crippen molar-refractivity contribution in [2.75, 3.05) is 55.8 Å². The van der Waals surface area contributed by atoms with Crippen molar-refractivity contribution in [1.29, 1.82) is 5.26 Å². The maximum absolute atomic E-state index is 10.3. The van der Waals surface area contributed by atoms with Gasteiger partial charge in [0.25, 0.3) is 0 Å². The molecule has 4 rings (SSSR count). The summed E-state index contributed by atoms with van der Waals surface area (Å²) in [4.78, 5) is 11.2. The van der Waals surface area contributed by atoms with Gasteiger partial charge in [-0.05, 0) is 63.7 Å². The number of benzene rings is 1. The first-order chi connectivity index (χ1) is 17.4. The van der Waals surface area contributed by atoms with Crippen LogP contribution in [-0.4, -0.2) is 71.5 Å². The predicted molar refractivity (Wildman–Crippen MR) is 142 cm³/mol. The molecule has 1 atom stereocenters. The molecule has 1 fully saturated rings. The van der Waals surface area contributed by atoms with Crippen LogP contribution >= 0.6 is 0 Å². The Morgan fingerprint density at radius 3 is 2.69 bits per heavy atom. The number of aromatic hydroxyl groups is 1. The van der Waals surface area contributed by atoms with E-state index in [9.17, 15) is 10.4 Å². The summed E-state index contributed by atoms with van der Waals surface area (Å²) in [6.45, 7) is 4.94. The van der Waals surface area contributed by atoms with Gasteiger partial charge in [-0.2, -0.15) is 5.26 Å². The zero-order chi connectivity index (χ0) is 25.7. The van der Waals surface area contributed by atoms with Crippen LogP contribution in [0, 0.1) is 23.2 Å². The van der Waals surface area contributed by atoms with E-state index in [0.717, 1.165) is 24.5 Å². The highest BCUT2D eigenvalue weighted by Gasteiger charge is 2.24. The Hall–Kier alpha value is -4.34. The summed E-state index contributed by atoms with van der Waals surface area (Å²) in [6.07, 6.45) is 0.872. The number of nitrogens with zero attached hydrogens (tertiary/aromatic N) is 7. The summed E-state index contributed by atoms with van der Waals surface area (Å²) < 4.78 is 0. The Kier molecular flexibility index (Phi) is 7.53. The van der Waals surface area contributed by atoms with Crippen LogP contribution in [0.5, 0.6) is 5.75 Å². The molecule has 1 aliphatic rings. The van der Waals surface area contributed by atoms with E-state index >= 15 is 0 Å². The first-order valence-electron chi connectivity index (χ1n) is 11.8. The maximum Gasteiger partial charge on any atom is 0.169 e. The van der Waals surface area contributed by atoms with E-state index in [1.165, 1.54) is 0 Å². The van der Waals surface area contributed by atoms with Gasteiger partial charge in [0.05, 0.1) is 23.5 Å². The molecule has 3 heterocycles. The first kappa shape index (κ1) is 24.8. The van der Waals surface area contributed by atoms with Crippen LogP contribution in [-0.2, 0) is 0 Å². The van der Waals surface area contributed by atoms with Gasteiger partial charge in [0.2, 0.25) is 0 Å². The van der Waals surface area contributed by atoms with E-state index in [4.69, 9.17) is 10.7 Å². The number of nitrogens with two attached hydrogens (primary N) is 1. The summed E-state index contributed by atoms with van der Waals surface area (Å²) in [5, 5.41) is 28.1. The monoisotopic (exact) mass is 482 g/mol. The summed E-state index contributed by atoms with van der Waals surface area (Å²) in [6, 6.07) is 15.0. The molecule has 184 valence electrons. The fraction of sp³-hybridized carbons (Fsp3) is 0.333. The number of phenols is 1. The van der Waals surface area contributed by atoms with E-state index in [1.807, 2.05) is 37.2 Å². The molecule has 0 amide bonds. The molecule has 0 spiro atoms. The minimum atomic E-state index is 0.148. The molecule has 0 bridgehead atoms. The molecule has 9 nitrogen and oxygen atoms in total. The van der Waals surface area contributed by atoms with Crippen molar-refractivity contribution >= 4 is 17.3 Å². The summed E-state index contributed by atoms with van der Waals surface area (Å²) in [5.41, 5.74) is 9.18. The lowest BCUT2D eigenvalue weighted by Crippen LogP contribution is -2.35. The number of rotatable bonds is 4. The van der Waals surface area contributed by atoms with Crippen LogP contribution in [0.15, 0.2) is 42.5 Å². The minimum absolute atomic E-state index is 0.148. The molecule has 0 aliphatic carbocycles. The Bertz CT molecular complexity index is 1340. The topological polar surface area (TPSA) is 118 Å². The van der Waals surface area contributed by atoms with E-state index in [-0.39, 0.29) is 11.8 Å². The third-order valence-corrected chi connectivity index (χ3v) is 6.18. The second-order valence-electron chi connectivity index (χ2n) is 9.05. The lowest BCUT2D eigenvalue weighted by molar-refractivity contribution is 0.464. The molecular weight excluding hydrogens is 452 g/mol. The van der Waals surface area contributed by atoms with Crippen LogP contribution in [0.25, 0.3) is 11.3 Å². The van der Waals surface area contributed by atoms with Crippen LogP contribution in [0.4, 0.5) is 17.3 Å². The van der Waals surface area contributed by atoms with E-state index in [0.29, 0.717) is 48.0 Å². The standard InChI is InChI=1S/C27H30N8O/c1-19-12-14-34(24-17-23(31-32-27(24)29)21-7-4-5-9-25(21)36)15-16-35(19)26-11-10-20(18-28)22(30-26)8-6-13-33(2)3/h4-5,7,9-11,17,19,36H,12-16H2,1-3H3,(H2,29,32). The molecule has 1 saturated heterocycles. The van der Waals surface area contributed by atoms with Crippen molar-refractivity contribution in [3.8, 4) is 34.9 Å². The molecule has 3 aromatic rings. The van der Waals surface area contributed by atoms with Gasteiger partial charge in [0.1, 0.15) is 23.3 Å². The largest absolute Gasteiger partial charge is 0.507 e. The number of anilines is 3. The quantitative estimate of drug-likeness (QED) is 0.541. The fourth-order valence-corrected chi connectivity index (χ4v) is 4.18. The Morgan fingerprint density at radius 2 is 1.94 bits per heavy atom. The zero-order valence-corrected chi connectivity index (χ0v) is 20.8. The number of phenolic OH excluding ortho intramolecular Hbond substituents is 1. The van der Waals surface area contributed by atoms with Gasteiger partial charge >= 0.3 is 0 Å². The van der Waals surface area contributed by atoms with Crippen molar-refractivity contribution in [3.63, 3.8) is 0 Å². The maximum atomic E-state index is 10.3. The van der Waals surface area contributed by atoms with Crippen molar-refractivity contribution < 1.29 is 5.11 Å². The highest BCUT2D eigenvalue weighted by atomic mass is 16.3. The molecule has 0 radical (unpaired) electrons. The second kappa shape index (κ2) is 10.9. The smallest absolute Gasteiger partial charge is 0.169 e. The number of hydrogen-bond acceptors (Lipinski definition) is 9. The van der Waals surface area contributed by atoms with Crippen LogP contribution in [0.3, 0.4) is 0 Å². The Morgan fingerprint density at radius 1 is 1.14 bits per heavy atom. The van der Waals surface area contributed by atoms with Gasteiger partial charge in [0, 0.05) is 31.2 Å². The molecule has 1 aromatic carbocycles. The third-order valence-electron chi connectivity index (χ3n) is 6.18. The van der Waals surface area contributed by atoms with E-state index in [1.54, 1.807) is 24.3 Å². The van der Waals surface area contributed by atoms with Gasteiger partial charge in [0.15, 0.2) is 5.82 Å². The molecular formula is C27H30N8O. The first-order valence-corrected chi connectivity index (χ1v) is 11.8. The fourth-order valence-electron chi connectivity index (χ4n) is 4.18. The van der Waals surface area contributed by atoms with Gasteiger partial charge < -0.3 is 20.6 Å². The van der Waals surface area contributed by atoms with Crippen LogP contribution in [0.2, 0.25) is 0 Å². The van der Waals surface area contributed by atoms with Crippen molar-refractivity contribution in [1.82, 2.24) is 20.1 Å². The average molecular weight is 483 g/mol. The normalized spacial score (nSPS) is 15.7. The van der Waals surface area contributed by atoms with Crippen LogP contribution < -0.4 is 15.5 Å². The van der Waals surface area contributed by atoms with Gasteiger partial charge in [-0.3, -0.25) is 4.90 Å².